The van der Waals surface area contributed by atoms with Gasteiger partial charge in [-0.2, -0.15) is 0 Å². The molecule has 2 aromatic rings. The summed E-state index contributed by atoms with van der Waals surface area (Å²) in [6, 6.07) is 12.4. The zero-order chi connectivity index (χ0) is 14.0. The molecule has 0 radical (unpaired) electrons. The molecular weight excluding hydrogens is 348 g/mol. The summed E-state index contributed by atoms with van der Waals surface area (Å²) < 4.78 is 23.7. The van der Waals surface area contributed by atoms with Crippen molar-refractivity contribution in [3.63, 3.8) is 0 Å². The van der Waals surface area contributed by atoms with E-state index in [1.807, 2.05) is 24.3 Å². The van der Waals surface area contributed by atoms with E-state index in [0.29, 0.717) is 4.90 Å². The molecular formula is C12H11BrN2O2S2. The van der Waals surface area contributed by atoms with Gasteiger partial charge in [0.15, 0.2) is 0 Å². The van der Waals surface area contributed by atoms with Crippen LogP contribution in [-0.4, -0.2) is 8.42 Å². The van der Waals surface area contributed by atoms with E-state index in [4.69, 9.17) is 10.9 Å². The number of para-hydroxylation sites is 1. The molecule has 0 aliphatic heterocycles. The van der Waals surface area contributed by atoms with E-state index in [1.165, 1.54) is 17.8 Å². The lowest BCUT2D eigenvalue weighted by molar-refractivity contribution is 0.598. The number of sulfonamides is 1. The van der Waals surface area contributed by atoms with Crippen LogP contribution in [0.1, 0.15) is 0 Å². The second kappa shape index (κ2) is 5.54. The molecule has 4 N–H and O–H groups in total. The number of anilines is 1. The Bertz CT molecular complexity index is 700. The summed E-state index contributed by atoms with van der Waals surface area (Å²) in [5.74, 6) is 0. The fourth-order valence-electron chi connectivity index (χ4n) is 1.49. The van der Waals surface area contributed by atoms with Crippen molar-refractivity contribution in [1.29, 1.82) is 0 Å². The molecule has 0 atom stereocenters. The molecule has 4 nitrogen and oxygen atoms in total. The van der Waals surface area contributed by atoms with Crippen LogP contribution in [0.3, 0.4) is 0 Å². The lowest BCUT2D eigenvalue weighted by Gasteiger charge is -2.09. The van der Waals surface area contributed by atoms with Crippen molar-refractivity contribution in [2.75, 3.05) is 5.73 Å². The third-order valence-corrected chi connectivity index (χ3v) is 4.96. The molecule has 0 aromatic heterocycles. The first-order valence-electron chi connectivity index (χ1n) is 5.22. The molecule has 0 amide bonds. The zero-order valence-corrected chi connectivity index (χ0v) is 12.9. The third-order valence-electron chi connectivity index (χ3n) is 2.37. The summed E-state index contributed by atoms with van der Waals surface area (Å²) in [4.78, 5) is 1.57. The quantitative estimate of drug-likeness (QED) is 0.825. The number of primary sulfonamides is 1. The first-order valence-corrected chi connectivity index (χ1v) is 8.38. The zero-order valence-electron chi connectivity index (χ0n) is 9.71. The van der Waals surface area contributed by atoms with Crippen LogP contribution in [-0.2, 0) is 10.0 Å². The van der Waals surface area contributed by atoms with Crippen molar-refractivity contribution in [2.24, 2.45) is 5.14 Å². The van der Waals surface area contributed by atoms with E-state index in [-0.39, 0.29) is 10.6 Å². The number of halogens is 1. The van der Waals surface area contributed by atoms with Gasteiger partial charge in [-0.1, -0.05) is 33.8 Å². The van der Waals surface area contributed by atoms with Gasteiger partial charge in [-0.3, -0.25) is 0 Å². The molecule has 0 aliphatic carbocycles. The van der Waals surface area contributed by atoms with Gasteiger partial charge in [-0.15, -0.1) is 0 Å². The minimum absolute atomic E-state index is 0.0467. The average Bonchev–Trinajstić information content (AvgIpc) is 2.33. The number of hydrogen-bond donors (Lipinski definition) is 2. The summed E-state index contributed by atoms with van der Waals surface area (Å²) in [6.07, 6.45) is 0. The highest BCUT2D eigenvalue weighted by atomic mass is 79.9. The second-order valence-corrected chi connectivity index (χ2v) is 7.33. The van der Waals surface area contributed by atoms with E-state index in [1.54, 1.807) is 12.1 Å². The van der Waals surface area contributed by atoms with E-state index in [9.17, 15) is 8.42 Å². The minimum atomic E-state index is -3.80. The largest absolute Gasteiger partial charge is 0.397 e. The lowest BCUT2D eigenvalue weighted by Crippen LogP contribution is -2.14. The summed E-state index contributed by atoms with van der Waals surface area (Å²) >= 11 is 4.74. The van der Waals surface area contributed by atoms with Crippen LogP contribution in [0.25, 0.3) is 0 Å². The Morgan fingerprint density at radius 2 is 1.68 bits per heavy atom. The smallest absolute Gasteiger partial charge is 0.240 e. The Morgan fingerprint density at radius 1 is 1.05 bits per heavy atom. The maximum atomic E-state index is 11.4. The number of nitrogen functional groups attached to an aromatic ring is 1. The molecule has 0 unspecified atom stereocenters. The van der Waals surface area contributed by atoms with Gasteiger partial charge in [-0.25, -0.2) is 13.6 Å². The molecule has 19 heavy (non-hydrogen) atoms. The maximum Gasteiger partial charge on any atom is 0.240 e. The predicted molar refractivity (Wildman–Crippen MR) is 80.5 cm³/mol. The molecule has 0 saturated heterocycles. The molecule has 0 saturated carbocycles. The van der Waals surface area contributed by atoms with Crippen LogP contribution in [0, 0.1) is 0 Å². The Kier molecular flexibility index (Phi) is 4.19. The highest BCUT2D eigenvalue weighted by Crippen LogP contribution is 2.35. The first kappa shape index (κ1) is 14.4. The average molecular weight is 359 g/mol. The fraction of sp³-hybridized carbons (Fsp3) is 0. The van der Waals surface area contributed by atoms with Gasteiger partial charge in [0, 0.05) is 14.3 Å². The number of hydrogen-bond acceptors (Lipinski definition) is 4. The van der Waals surface area contributed by atoms with Crippen molar-refractivity contribution in [1.82, 2.24) is 0 Å². The van der Waals surface area contributed by atoms with E-state index >= 15 is 0 Å². The molecule has 2 rings (SSSR count). The molecule has 0 heterocycles. The fourth-order valence-corrected chi connectivity index (χ4v) is 3.40. The van der Waals surface area contributed by atoms with Crippen LogP contribution < -0.4 is 10.9 Å². The second-order valence-electron chi connectivity index (χ2n) is 3.77. The van der Waals surface area contributed by atoms with E-state index in [2.05, 4.69) is 15.9 Å². The monoisotopic (exact) mass is 358 g/mol. The van der Waals surface area contributed by atoms with Crippen molar-refractivity contribution >= 4 is 43.4 Å². The van der Waals surface area contributed by atoms with Gasteiger partial charge in [0.2, 0.25) is 10.0 Å². The molecule has 0 bridgehead atoms. The molecule has 7 heteroatoms. The van der Waals surface area contributed by atoms with Gasteiger partial charge >= 0.3 is 0 Å². The Balaban J connectivity index is 2.39. The van der Waals surface area contributed by atoms with Gasteiger partial charge < -0.3 is 5.73 Å². The maximum absolute atomic E-state index is 11.4. The van der Waals surface area contributed by atoms with Crippen molar-refractivity contribution in [2.45, 2.75) is 14.7 Å². The van der Waals surface area contributed by atoms with E-state index < -0.39 is 10.0 Å². The molecule has 0 aliphatic rings. The van der Waals surface area contributed by atoms with Crippen molar-refractivity contribution < 1.29 is 8.42 Å². The Labute approximate surface area is 124 Å². The van der Waals surface area contributed by atoms with Gasteiger partial charge in [-0.05, 0) is 36.4 Å². The third kappa shape index (κ3) is 3.50. The normalized spacial score (nSPS) is 11.5. The Morgan fingerprint density at radius 3 is 2.26 bits per heavy atom. The van der Waals surface area contributed by atoms with Crippen LogP contribution in [0.4, 0.5) is 5.69 Å². The SMILES string of the molecule is Nc1c(Sc2ccc(Br)cc2)cccc1S(N)(=O)=O. The number of nitrogens with two attached hydrogens (primary N) is 2. The molecule has 0 fully saturated rings. The van der Waals surface area contributed by atoms with Gasteiger partial charge in [0.05, 0.1) is 5.69 Å². The number of benzene rings is 2. The highest BCUT2D eigenvalue weighted by molar-refractivity contribution is 9.10. The Hall–Kier alpha value is -1.02. The molecule has 100 valence electrons. The summed E-state index contributed by atoms with van der Waals surface area (Å²) in [5, 5.41) is 5.12. The van der Waals surface area contributed by atoms with Crippen LogP contribution >= 0.6 is 27.7 Å². The molecule has 2 aromatic carbocycles. The van der Waals surface area contributed by atoms with Crippen molar-refractivity contribution in [3.05, 3.63) is 46.9 Å². The summed E-state index contributed by atoms with van der Waals surface area (Å²) in [5.41, 5.74) is 6.04. The summed E-state index contributed by atoms with van der Waals surface area (Å²) in [7, 11) is -3.80. The molecule has 0 spiro atoms. The number of rotatable bonds is 3. The topological polar surface area (TPSA) is 86.2 Å². The van der Waals surface area contributed by atoms with Gasteiger partial charge in [0.25, 0.3) is 0 Å². The minimum Gasteiger partial charge on any atom is -0.397 e. The summed E-state index contributed by atoms with van der Waals surface area (Å²) in [6.45, 7) is 0. The van der Waals surface area contributed by atoms with Crippen LogP contribution in [0.15, 0.2) is 61.6 Å². The van der Waals surface area contributed by atoms with Crippen LogP contribution in [0.2, 0.25) is 0 Å². The lowest BCUT2D eigenvalue weighted by atomic mass is 10.3. The van der Waals surface area contributed by atoms with E-state index in [0.717, 1.165) is 9.37 Å². The highest BCUT2D eigenvalue weighted by Gasteiger charge is 2.15. The van der Waals surface area contributed by atoms with Crippen LogP contribution in [0.5, 0.6) is 0 Å². The standard InChI is InChI=1S/C12H11BrN2O2S2/c13-8-4-6-9(7-5-8)18-10-2-1-3-11(12(10)14)19(15,16)17/h1-7H,14H2,(H2,15,16,17). The first-order chi connectivity index (χ1) is 8.88. The van der Waals surface area contributed by atoms with Gasteiger partial charge in [0.1, 0.15) is 4.90 Å². The van der Waals surface area contributed by atoms with Crippen molar-refractivity contribution in [3.8, 4) is 0 Å². The predicted octanol–water partition coefficient (Wildman–Crippen LogP) is 2.83.